The third kappa shape index (κ3) is 5.67. The Bertz CT molecular complexity index is 700. The van der Waals surface area contributed by atoms with Crippen LogP contribution in [0.4, 0.5) is 0 Å². The molecule has 1 aromatic heterocycles. The maximum absolute atomic E-state index is 12.5. The van der Waals surface area contributed by atoms with E-state index in [1.54, 1.807) is 6.92 Å². The van der Waals surface area contributed by atoms with Crippen LogP contribution in [0.25, 0.3) is 0 Å². The second kappa shape index (κ2) is 9.04. The number of hydrogen-bond acceptors (Lipinski definition) is 6. The number of methoxy groups -OCH3 is 1. The van der Waals surface area contributed by atoms with E-state index in [9.17, 15) is 9.59 Å². The van der Waals surface area contributed by atoms with Gasteiger partial charge in [-0.1, -0.05) is 52.3 Å². The van der Waals surface area contributed by atoms with Crippen molar-refractivity contribution >= 4 is 23.6 Å². The Morgan fingerprint density at radius 3 is 2.48 bits per heavy atom. The number of nitrogens with one attached hydrogen (secondary N) is 1. The van der Waals surface area contributed by atoms with E-state index < -0.39 is 5.97 Å². The molecule has 1 aliphatic rings. The van der Waals surface area contributed by atoms with Gasteiger partial charge in [-0.3, -0.25) is 4.79 Å². The molecule has 1 fully saturated rings. The highest BCUT2D eigenvalue weighted by Crippen LogP contribution is 2.28. The third-order valence-electron chi connectivity index (χ3n) is 4.91. The van der Waals surface area contributed by atoms with E-state index in [0.717, 1.165) is 19.3 Å². The summed E-state index contributed by atoms with van der Waals surface area (Å²) in [7, 11) is 1.34. The first-order valence-corrected chi connectivity index (χ1v) is 10.5. The molecular formula is C20H31N3O3S. The number of ether oxygens (including phenoxy) is 1. The lowest BCUT2D eigenvalue weighted by atomic mass is 9.86. The number of rotatable bonds is 5. The summed E-state index contributed by atoms with van der Waals surface area (Å²) < 4.78 is 4.89. The third-order valence-corrected chi connectivity index (χ3v) is 5.89. The Kier molecular flexibility index (Phi) is 7.25. The van der Waals surface area contributed by atoms with Crippen LogP contribution in [0.2, 0.25) is 0 Å². The number of aryl methyl sites for hydroxylation is 1. The van der Waals surface area contributed by atoms with E-state index in [1.807, 2.05) is 20.8 Å². The molecule has 0 spiro atoms. The SMILES string of the molecule is COC(=O)c1c(C)nc(C(C)(C)C)nc1SCC(=O)NC1CCCCC1C. The molecule has 0 aliphatic heterocycles. The minimum Gasteiger partial charge on any atom is -0.465 e. The van der Waals surface area contributed by atoms with Gasteiger partial charge in [-0.15, -0.1) is 0 Å². The predicted octanol–water partition coefficient (Wildman–Crippen LogP) is 3.66. The first kappa shape index (κ1) is 21.7. The van der Waals surface area contributed by atoms with E-state index in [0.29, 0.717) is 28.0 Å². The Labute approximate surface area is 166 Å². The predicted molar refractivity (Wildman–Crippen MR) is 107 cm³/mol. The summed E-state index contributed by atoms with van der Waals surface area (Å²) in [5.41, 5.74) is 0.661. The van der Waals surface area contributed by atoms with Crippen molar-refractivity contribution in [2.24, 2.45) is 5.92 Å². The molecule has 1 saturated carbocycles. The molecule has 0 saturated heterocycles. The molecule has 150 valence electrons. The average molecular weight is 394 g/mol. The van der Waals surface area contributed by atoms with Gasteiger partial charge in [0, 0.05) is 11.5 Å². The van der Waals surface area contributed by atoms with Gasteiger partial charge < -0.3 is 10.1 Å². The van der Waals surface area contributed by atoms with Crippen LogP contribution in [0, 0.1) is 12.8 Å². The summed E-state index contributed by atoms with van der Waals surface area (Å²) in [5, 5.41) is 3.65. The fourth-order valence-electron chi connectivity index (χ4n) is 3.24. The second-order valence-corrected chi connectivity index (χ2v) is 9.24. The zero-order chi connectivity index (χ0) is 20.2. The Morgan fingerprint density at radius 1 is 1.22 bits per heavy atom. The first-order chi connectivity index (χ1) is 12.6. The second-order valence-electron chi connectivity index (χ2n) is 8.28. The van der Waals surface area contributed by atoms with Crippen LogP contribution in [0.15, 0.2) is 5.03 Å². The summed E-state index contributed by atoms with van der Waals surface area (Å²) in [6, 6.07) is 0.240. The Hall–Kier alpha value is -1.63. The van der Waals surface area contributed by atoms with Gasteiger partial charge in [0.05, 0.1) is 18.6 Å². The quantitative estimate of drug-likeness (QED) is 0.467. The fraction of sp³-hybridized carbons (Fsp3) is 0.700. The summed E-state index contributed by atoms with van der Waals surface area (Å²) in [6.07, 6.45) is 4.59. The van der Waals surface area contributed by atoms with E-state index in [4.69, 9.17) is 4.74 Å². The highest BCUT2D eigenvalue weighted by Gasteiger charge is 2.26. The van der Waals surface area contributed by atoms with Crippen LogP contribution in [-0.4, -0.2) is 40.7 Å². The molecule has 2 rings (SSSR count). The number of aromatic nitrogens is 2. The van der Waals surface area contributed by atoms with Crippen molar-refractivity contribution in [2.45, 2.75) is 76.8 Å². The van der Waals surface area contributed by atoms with Crippen molar-refractivity contribution in [3.63, 3.8) is 0 Å². The largest absolute Gasteiger partial charge is 0.465 e. The van der Waals surface area contributed by atoms with E-state index in [1.165, 1.54) is 25.3 Å². The standard InChI is InChI=1S/C20H31N3O3S/c1-12-9-7-8-10-14(12)22-15(24)11-27-17-16(18(25)26-6)13(2)21-19(23-17)20(3,4)5/h12,14H,7-11H2,1-6H3,(H,22,24). The Balaban J connectivity index is 2.16. The molecule has 0 aromatic carbocycles. The number of amides is 1. The molecule has 1 N–H and O–H groups in total. The van der Waals surface area contributed by atoms with Crippen LogP contribution < -0.4 is 5.32 Å². The maximum Gasteiger partial charge on any atom is 0.342 e. The van der Waals surface area contributed by atoms with Gasteiger partial charge in [-0.05, 0) is 25.7 Å². The lowest BCUT2D eigenvalue weighted by Gasteiger charge is -2.29. The molecule has 1 heterocycles. The molecule has 2 unspecified atom stereocenters. The van der Waals surface area contributed by atoms with E-state index in [-0.39, 0.29) is 23.1 Å². The fourth-order valence-corrected chi connectivity index (χ4v) is 4.11. The van der Waals surface area contributed by atoms with Gasteiger partial charge in [0.25, 0.3) is 0 Å². The number of carbonyl (C=O) groups excluding carboxylic acids is 2. The minimum atomic E-state index is -0.475. The van der Waals surface area contributed by atoms with E-state index in [2.05, 4.69) is 22.2 Å². The van der Waals surface area contributed by atoms with Crippen molar-refractivity contribution < 1.29 is 14.3 Å². The number of thioether (sulfide) groups is 1. The molecule has 0 bridgehead atoms. The number of nitrogens with zero attached hydrogens (tertiary/aromatic N) is 2. The van der Waals surface area contributed by atoms with Gasteiger partial charge in [0.2, 0.25) is 5.91 Å². The highest BCUT2D eigenvalue weighted by molar-refractivity contribution is 8.00. The summed E-state index contributed by atoms with van der Waals surface area (Å²) in [4.78, 5) is 33.7. The van der Waals surface area contributed by atoms with Crippen LogP contribution >= 0.6 is 11.8 Å². The zero-order valence-corrected chi connectivity index (χ0v) is 18.0. The average Bonchev–Trinajstić information content (AvgIpc) is 2.60. The van der Waals surface area contributed by atoms with Crippen LogP contribution in [0.5, 0.6) is 0 Å². The molecule has 1 aliphatic carbocycles. The maximum atomic E-state index is 12.5. The van der Waals surface area contributed by atoms with E-state index >= 15 is 0 Å². The van der Waals surface area contributed by atoms with Crippen molar-refractivity contribution in [2.75, 3.05) is 12.9 Å². The highest BCUT2D eigenvalue weighted by atomic mass is 32.2. The lowest BCUT2D eigenvalue weighted by Crippen LogP contribution is -2.41. The van der Waals surface area contributed by atoms with Crippen molar-refractivity contribution in [1.29, 1.82) is 0 Å². The normalized spacial score (nSPS) is 20.2. The molecule has 2 atom stereocenters. The van der Waals surface area contributed by atoms with Crippen LogP contribution in [0.1, 0.15) is 75.3 Å². The number of carbonyl (C=O) groups is 2. The van der Waals surface area contributed by atoms with Gasteiger partial charge >= 0.3 is 5.97 Å². The van der Waals surface area contributed by atoms with Crippen molar-refractivity contribution in [1.82, 2.24) is 15.3 Å². The van der Waals surface area contributed by atoms with Crippen LogP contribution in [0.3, 0.4) is 0 Å². The van der Waals surface area contributed by atoms with Gasteiger partial charge in [-0.25, -0.2) is 14.8 Å². The number of hydrogen-bond donors (Lipinski definition) is 1. The molecule has 7 heteroatoms. The van der Waals surface area contributed by atoms with Crippen molar-refractivity contribution in [3.05, 3.63) is 17.1 Å². The molecule has 1 amide bonds. The first-order valence-electron chi connectivity index (χ1n) is 9.53. The Morgan fingerprint density at radius 2 is 1.89 bits per heavy atom. The summed E-state index contributed by atoms with van der Waals surface area (Å²) in [5.74, 6) is 0.872. The molecular weight excluding hydrogens is 362 g/mol. The molecule has 0 radical (unpaired) electrons. The molecule has 6 nitrogen and oxygen atoms in total. The smallest absolute Gasteiger partial charge is 0.342 e. The van der Waals surface area contributed by atoms with Crippen LogP contribution in [-0.2, 0) is 14.9 Å². The van der Waals surface area contributed by atoms with Gasteiger partial charge in [-0.2, -0.15) is 0 Å². The summed E-state index contributed by atoms with van der Waals surface area (Å²) in [6.45, 7) is 10.0. The molecule has 27 heavy (non-hydrogen) atoms. The number of esters is 1. The van der Waals surface area contributed by atoms with Gasteiger partial charge in [0.1, 0.15) is 16.4 Å². The van der Waals surface area contributed by atoms with Crippen molar-refractivity contribution in [3.8, 4) is 0 Å². The van der Waals surface area contributed by atoms with Gasteiger partial charge in [0.15, 0.2) is 0 Å². The summed E-state index contributed by atoms with van der Waals surface area (Å²) >= 11 is 1.27. The monoisotopic (exact) mass is 393 g/mol. The zero-order valence-electron chi connectivity index (χ0n) is 17.2. The molecule has 1 aromatic rings. The lowest BCUT2D eigenvalue weighted by molar-refractivity contribution is -0.119. The topological polar surface area (TPSA) is 81.2 Å². The minimum absolute atomic E-state index is 0.0249.